The number of carbonyl (C=O) groups is 1. The smallest absolute Gasteiger partial charge is 0.166 e. The van der Waals surface area contributed by atoms with Gasteiger partial charge in [0.2, 0.25) is 0 Å². The number of nitrogens with zero attached hydrogens (tertiary/aromatic N) is 2. The first-order valence-electron chi connectivity index (χ1n) is 4.37. The van der Waals surface area contributed by atoms with Crippen molar-refractivity contribution in [3.05, 3.63) is 47.9 Å². The first-order chi connectivity index (χ1) is 6.83. The molecule has 0 saturated carbocycles. The van der Waals surface area contributed by atoms with E-state index >= 15 is 0 Å². The van der Waals surface area contributed by atoms with Crippen LogP contribution in [0.4, 0.5) is 0 Å². The Kier molecular flexibility index (Phi) is 2.14. The van der Waals surface area contributed by atoms with Gasteiger partial charge in [0, 0.05) is 12.4 Å². The molecule has 0 aliphatic carbocycles. The molecule has 0 saturated heterocycles. The highest BCUT2D eigenvalue weighted by Crippen LogP contribution is 2.12. The second-order valence-electron chi connectivity index (χ2n) is 3.06. The molecule has 0 aliphatic rings. The maximum absolute atomic E-state index is 10.7. The minimum atomic E-state index is 0.617. The molecule has 14 heavy (non-hydrogen) atoms. The summed E-state index contributed by atoms with van der Waals surface area (Å²) in [6, 6.07) is 7.44. The topological polar surface area (TPSA) is 34.9 Å². The van der Waals surface area contributed by atoms with E-state index in [1.54, 1.807) is 16.8 Å². The molecule has 3 nitrogen and oxygen atoms in total. The number of carbonyl (C=O) groups excluding carboxylic acids is 1. The van der Waals surface area contributed by atoms with E-state index in [2.05, 4.69) is 4.98 Å². The Hall–Kier alpha value is -1.90. The first-order valence-corrected chi connectivity index (χ1v) is 4.37. The fourth-order valence-corrected chi connectivity index (χ4v) is 1.41. The van der Waals surface area contributed by atoms with Crippen molar-refractivity contribution >= 4 is 6.29 Å². The van der Waals surface area contributed by atoms with Gasteiger partial charge in [-0.2, -0.15) is 0 Å². The highest BCUT2D eigenvalue weighted by molar-refractivity contribution is 5.73. The summed E-state index contributed by atoms with van der Waals surface area (Å²) in [6.07, 6.45) is 4.38. The molecule has 0 aliphatic heterocycles. The van der Waals surface area contributed by atoms with Crippen LogP contribution in [-0.4, -0.2) is 15.8 Å². The van der Waals surface area contributed by atoms with Crippen molar-refractivity contribution in [3.63, 3.8) is 0 Å². The van der Waals surface area contributed by atoms with Gasteiger partial charge in [-0.3, -0.25) is 9.36 Å². The molecule has 0 aromatic carbocycles. The minimum Gasteiger partial charge on any atom is -0.298 e. The summed E-state index contributed by atoms with van der Waals surface area (Å²) >= 11 is 0. The number of aldehydes is 1. The number of pyridine rings is 1. The van der Waals surface area contributed by atoms with Crippen molar-refractivity contribution in [1.29, 1.82) is 0 Å². The molecule has 3 heteroatoms. The van der Waals surface area contributed by atoms with Gasteiger partial charge in [0.05, 0.1) is 5.69 Å². The molecule has 70 valence electrons. The van der Waals surface area contributed by atoms with Gasteiger partial charge in [-0.15, -0.1) is 0 Å². The number of rotatable bonds is 2. The molecule has 2 heterocycles. The van der Waals surface area contributed by atoms with Gasteiger partial charge in [0.25, 0.3) is 0 Å². The Bertz CT molecular complexity index is 460. The number of hydrogen-bond donors (Lipinski definition) is 0. The molecule has 0 fully saturated rings. The molecular weight excluding hydrogens is 176 g/mol. The van der Waals surface area contributed by atoms with Crippen LogP contribution in [0, 0.1) is 6.92 Å². The maximum Gasteiger partial charge on any atom is 0.166 e. The fraction of sp³-hybridized carbons (Fsp3) is 0.0909. The van der Waals surface area contributed by atoms with Crippen molar-refractivity contribution in [2.24, 2.45) is 0 Å². The summed E-state index contributed by atoms with van der Waals surface area (Å²) in [4.78, 5) is 15.0. The third kappa shape index (κ3) is 1.33. The standard InChI is InChI=1S/C11H10N2O/c1-9-4-2-6-12-11(9)13-7-3-5-10(13)8-14/h2-8H,1H3. The van der Waals surface area contributed by atoms with Gasteiger partial charge in [0.15, 0.2) is 6.29 Å². The lowest BCUT2D eigenvalue weighted by Gasteiger charge is -2.06. The van der Waals surface area contributed by atoms with Crippen LogP contribution in [0.5, 0.6) is 0 Å². The number of aryl methyl sites for hydroxylation is 1. The van der Waals surface area contributed by atoms with E-state index in [1.165, 1.54) is 0 Å². The van der Waals surface area contributed by atoms with Gasteiger partial charge in [-0.1, -0.05) is 6.07 Å². The Morgan fingerprint density at radius 2 is 2.21 bits per heavy atom. The monoisotopic (exact) mass is 186 g/mol. The summed E-state index contributed by atoms with van der Waals surface area (Å²) < 4.78 is 1.78. The number of aromatic nitrogens is 2. The second-order valence-corrected chi connectivity index (χ2v) is 3.06. The van der Waals surface area contributed by atoms with E-state index in [0.717, 1.165) is 17.7 Å². The molecule has 2 rings (SSSR count). The zero-order chi connectivity index (χ0) is 9.97. The van der Waals surface area contributed by atoms with Gasteiger partial charge in [-0.25, -0.2) is 4.98 Å². The molecule has 0 bridgehead atoms. The van der Waals surface area contributed by atoms with Crippen LogP contribution in [0.15, 0.2) is 36.7 Å². The quantitative estimate of drug-likeness (QED) is 0.672. The molecule has 2 aromatic rings. The molecule has 0 unspecified atom stereocenters. The zero-order valence-electron chi connectivity index (χ0n) is 7.84. The molecule has 0 radical (unpaired) electrons. The normalized spacial score (nSPS) is 10.1. The highest BCUT2D eigenvalue weighted by Gasteiger charge is 2.04. The van der Waals surface area contributed by atoms with Gasteiger partial charge < -0.3 is 0 Å². The summed E-state index contributed by atoms with van der Waals surface area (Å²) in [6.45, 7) is 1.97. The third-order valence-corrected chi connectivity index (χ3v) is 2.11. The Balaban J connectivity index is 2.60. The fourth-order valence-electron chi connectivity index (χ4n) is 1.41. The second kappa shape index (κ2) is 3.46. The van der Waals surface area contributed by atoms with Crippen molar-refractivity contribution in [2.45, 2.75) is 6.92 Å². The van der Waals surface area contributed by atoms with E-state index in [4.69, 9.17) is 0 Å². The summed E-state index contributed by atoms with van der Waals surface area (Å²) in [7, 11) is 0. The first kappa shape index (κ1) is 8.69. The number of hydrogen-bond acceptors (Lipinski definition) is 2. The summed E-state index contributed by atoms with van der Waals surface area (Å²) in [5.74, 6) is 0.805. The van der Waals surface area contributed by atoms with Crippen LogP contribution >= 0.6 is 0 Å². The Morgan fingerprint density at radius 3 is 2.93 bits per heavy atom. The highest BCUT2D eigenvalue weighted by atomic mass is 16.1. The van der Waals surface area contributed by atoms with Gasteiger partial charge >= 0.3 is 0 Å². The molecule has 0 amide bonds. The van der Waals surface area contributed by atoms with Gasteiger partial charge in [0.1, 0.15) is 5.82 Å². The van der Waals surface area contributed by atoms with E-state index in [0.29, 0.717) is 5.69 Å². The molecule has 0 spiro atoms. The lowest BCUT2D eigenvalue weighted by atomic mass is 10.3. The zero-order valence-corrected chi connectivity index (χ0v) is 7.84. The van der Waals surface area contributed by atoms with E-state index in [-0.39, 0.29) is 0 Å². The van der Waals surface area contributed by atoms with E-state index < -0.39 is 0 Å². The summed E-state index contributed by atoms with van der Waals surface area (Å²) in [5.41, 5.74) is 1.67. The Morgan fingerprint density at radius 1 is 1.36 bits per heavy atom. The van der Waals surface area contributed by atoms with Crippen molar-refractivity contribution < 1.29 is 4.79 Å². The summed E-state index contributed by atoms with van der Waals surface area (Å²) in [5, 5.41) is 0. The lowest BCUT2D eigenvalue weighted by molar-refractivity contribution is 0.111. The molecular formula is C11H10N2O. The van der Waals surface area contributed by atoms with Crippen LogP contribution in [0.3, 0.4) is 0 Å². The predicted molar refractivity (Wildman–Crippen MR) is 53.7 cm³/mol. The van der Waals surface area contributed by atoms with Crippen LogP contribution in [0.25, 0.3) is 5.82 Å². The average molecular weight is 186 g/mol. The molecule has 0 N–H and O–H groups in total. The van der Waals surface area contributed by atoms with E-state index in [1.807, 2.05) is 31.3 Å². The largest absolute Gasteiger partial charge is 0.298 e. The average Bonchev–Trinajstić information content (AvgIpc) is 2.66. The van der Waals surface area contributed by atoms with Crippen LogP contribution < -0.4 is 0 Å². The van der Waals surface area contributed by atoms with Crippen LogP contribution in [-0.2, 0) is 0 Å². The predicted octanol–water partition coefficient (Wildman–Crippen LogP) is 1.99. The molecule has 0 atom stereocenters. The van der Waals surface area contributed by atoms with Crippen LogP contribution in [0.1, 0.15) is 16.1 Å². The SMILES string of the molecule is Cc1cccnc1-n1cccc1C=O. The van der Waals surface area contributed by atoms with Crippen molar-refractivity contribution in [2.75, 3.05) is 0 Å². The molecule has 2 aromatic heterocycles. The maximum atomic E-state index is 10.7. The lowest BCUT2D eigenvalue weighted by Crippen LogP contribution is -2.02. The van der Waals surface area contributed by atoms with Crippen LogP contribution in [0.2, 0.25) is 0 Å². The van der Waals surface area contributed by atoms with Crippen molar-refractivity contribution in [3.8, 4) is 5.82 Å². The van der Waals surface area contributed by atoms with Gasteiger partial charge in [-0.05, 0) is 30.7 Å². The minimum absolute atomic E-state index is 0.617. The van der Waals surface area contributed by atoms with E-state index in [9.17, 15) is 4.79 Å². The third-order valence-electron chi connectivity index (χ3n) is 2.11. The van der Waals surface area contributed by atoms with Crippen molar-refractivity contribution in [1.82, 2.24) is 9.55 Å². The Labute approximate surface area is 82.0 Å².